The molecule has 0 aliphatic heterocycles. The zero-order valence-electron chi connectivity index (χ0n) is 11.8. The van der Waals surface area contributed by atoms with E-state index >= 15 is 0 Å². The van der Waals surface area contributed by atoms with Gasteiger partial charge in [-0.3, -0.25) is 0 Å². The van der Waals surface area contributed by atoms with Crippen LogP contribution in [0.5, 0.6) is 0 Å². The van der Waals surface area contributed by atoms with E-state index in [1.54, 1.807) is 11.3 Å². The molecule has 3 atom stereocenters. The molecule has 1 aliphatic rings. The summed E-state index contributed by atoms with van der Waals surface area (Å²) in [5, 5.41) is 24.4. The van der Waals surface area contributed by atoms with Gasteiger partial charge in [0.2, 0.25) is 0 Å². The van der Waals surface area contributed by atoms with Crippen molar-refractivity contribution in [3.05, 3.63) is 22.4 Å². The molecule has 1 aromatic heterocycles. The van der Waals surface area contributed by atoms with Crippen LogP contribution in [0.15, 0.2) is 17.5 Å². The molecule has 0 aromatic carbocycles. The number of aliphatic hydroxyl groups excluding tert-OH is 2. The van der Waals surface area contributed by atoms with Gasteiger partial charge in [0, 0.05) is 24.1 Å². The third kappa shape index (κ3) is 5.14. The molecule has 0 radical (unpaired) electrons. The Kier molecular flexibility index (Phi) is 6.96. The molecule has 5 heteroatoms. The van der Waals surface area contributed by atoms with Crippen LogP contribution >= 0.6 is 11.3 Å². The molecule has 114 valence electrons. The SMILES string of the molecule is OCCC1CCCC1NCC(O)COCc1cccs1. The van der Waals surface area contributed by atoms with Gasteiger partial charge in [-0.15, -0.1) is 11.3 Å². The molecule has 1 fully saturated rings. The van der Waals surface area contributed by atoms with Gasteiger partial charge in [0.05, 0.1) is 19.3 Å². The Morgan fingerprint density at radius 2 is 2.35 bits per heavy atom. The normalized spacial score (nSPS) is 24.1. The first-order valence-corrected chi connectivity index (χ1v) is 8.30. The van der Waals surface area contributed by atoms with E-state index in [9.17, 15) is 5.11 Å². The molecule has 0 saturated heterocycles. The molecule has 1 heterocycles. The standard InChI is InChI=1S/C15H25NO3S/c17-7-6-12-3-1-5-15(12)16-9-13(18)10-19-11-14-4-2-8-20-14/h2,4,8,12-13,15-18H,1,3,5-7,9-11H2. The van der Waals surface area contributed by atoms with Crippen LogP contribution in [-0.4, -0.2) is 42.1 Å². The topological polar surface area (TPSA) is 61.7 Å². The first kappa shape index (κ1) is 15.9. The van der Waals surface area contributed by atoms with Crippen LogP contribution in [0.25, 0.3) is 0 Å². The highest BCUT2D eigenvalue weighted by atomic mass is 32.1. The molecule has 3 N–H and O–H groups in total. The fourth-order valence-corrected chi connectivity index (χ4v) is 3.49. The van der Waals surface area contributed by atoms with Crippen molar-refractivity contribution in [3.63, 3.8) is 0 Å². The minimum absolute atomic E-state index is 0.259. The van der Waals surface area contributed by atoms with Crippen LogP contribution in [0.3, 0.4) is 0 Å². The first-order valence-electron chi connectivity index (χ1n) is 7.42. The van der Waals surface area contributed by atoms with Crippen LogP contribution in [0.4, 0.5) is 0 Å². The van der Waals surface area contributed by atoms with Gasteiger partial charge in [-0.2, -0.15) is 0 Å². The van der Waals surface area contributed by atoms with Gasteiger partial charge < -0.3 is 20.3 Å². The van der Waals surface area contributed by atoms with Crippen molar-refractivity contribution in [2.45, 2.75) is 44.4 Å². The molecule has 4 nitrogen and oxygen atoms in total. The Morgan fingerprint density at radius 1 is 1.45 bits per heavy atom. The third-order valence-corrected chi connectivity index (χ3v) is 4.76. The number of hydrogen-bond donors (Lipinski definition) is 3. The minimum Gasteiger partial charge on any atom is -0.396 e. The summed E-state index contributed by atoms with van der Waals surface area (Å²) in [5.74, 6) is 0.555. The Balaban J connectivity index is 1.58. The number of ether oxygens (including phenoxy) is 1. The lowest BCUT2D eigenvalue weighted by Crippen LogP contribution is -2.39. The largest absolute Gasteiger partial charge is 0.396 e. The van der Waals surface area contributed by atoms with Gasteiger partial charge in [-0.1, -0.05) is 12.5 Å². The molecule has 2 rings (SSSR count). The molecule has 20 heavy (non-hydrogen) atoms. The van der Waals surface area contributed by atoms with E-state index < -0.39 is 6.10 Å². The van der Waals surface area contributed by atoms with E-state index in [1.807, 2.05) is 17.5 Å². The third-order valence-electron chi connectivity index (χ3n) is 3.91. The predicted octanol–water partition coefficient (Wildman–Crippen LogP) is 1.77. The predicted molar refractivity (Wildman–Crippen MR) is 80.8 cm³/mol. The molecule has 1 aromatic rings. The van der Waals surface area contributed by atoms with Crippen LogP contribution in [0.1, 0.15) is 30.6 Å². The molecule has 3 unspecified atom stereocenters. The van der Waals surface area contributed by atoms with Gasteiger partial charge in [-0.25, -0.2) is 0 Å². The maximum Gasteiger partial charge on any atom is 0.0897 e. The fourth-order valence-electron chi connectivity index (χ4n) is 2.85. The van der Waals surface area contributed by atoms with E-state index in [0.29, 0.717) is 31.7 Å². The van der Waals surface area contributed by atoms with Crippen LogP contribution in [-0.2, 0) is 11.3 Å². The van der Waals surface area contributed by atoms with E-state index in [2.05, 4.69) is 5.32 Å². The zero-order valence-corrected chi connectivity index (χ0v) is 12.6. The number of thiophene rings is 1. The molecular formula is C15H25NO3S. The van der Waals surface area contributed by atoms with Crippen LogP contribution in [0, 0.1) is 5.92 Å². The Labute approximate surface area is 124 Å². The molecule has 0 spiro atoms. The van der Waals surface area contributed by atoms with E-state index in [4.69, 9.17) is 9.84 Å². The van der Waals surface area contributed by atoms with Gasteiger partial charge >= 0.3 is 0 Å². The van der Waals surface area contributed by atoms with Crippen molar-refractivity contribution in [1.29, 1.82) is 0 Å². The quantitative estimate of drug-likeness (QED) is 0.650. The smallest absolute Gasteiger partial charge is 0.0897 e. The van der Waals surface area contributed by atoms with Gasteiger partial charge in [0.1, 0.15) is 0 Å². The van der Waals surface area contributed by atoms with Gasteiger partial charge in [-0.05, 0) is 36.6 Å². The highest BCUT2D eigenvalue weighted by Gasteiger charge is 2.26. The summed E-state index contributed by atoms with van der Waals surface area (Å²) in [6.07, 6.45) is 3.94. The van der Waals surface area contributed by atoms with Crippen molar-refractivity contribution in [2.24, 2.45) is 5.92 Å². The zero-order chi connectivity index (χ0) is 14.2. The minimum atomic E-state index is -0.467. The maximum atomic E-state index is 9.92. The molecular weight excluding hydrogens is 274 g/mol. The van der Waals surface area contributed by atoms with Crippen molar-refractivity contribution < 1.29 is 14.9 Å². The van der Waals surface area contributed by atoms with Crippen molar-refractivity contribution in [1.82, 2.24) is 5.32 Å². The lowest BCUT2D eigenvalue weighted by Gasteiger charge is -2.22. The van der Waals surface area contributed by atoms with Crippen LogP contribution < -0.4 is 5.32 Å². The summed E-state index contributed by atoms with van der Waals surface area (Å²) < 4.78 is 5.51. The first-order chi connectivity index (χ1) is 9.79. The van der Waals surface area contributed by atoms with Crippen molar-refractivity contribution >= 4 is 11.3 Å². The van der Waals surface area contributed by atoms with E-state index in [1.165, 1.54) is 17.7 Å². The van der Waals surface area contributed by atoms with E-state index in [0.717, 1.165) is 12.8 Å². The summed E-state index contributed by atoms with van der Waals surface area (Å²) >= 11 is 1.67. The van der Waals surface area contributed by atoms with Gasteiger partial charge in [0.15, 0.2) is 0 Å². The second kappa shape index (κ2) is 8.74. The summed E-state index contributed by atoms with van der Waals surface area (Å²) in [4.78, 5) is 1.18. The number of hydrogen-bond acceptors (Lipinski definition) is 5. The Morgan fingerprint density at radius 3 is 3.10 bits per heavy atom. The summed E-state index contributed by atoms with van der Waals surface area (Å²) in [7, 11) is 0. The second-order valence-corrected chi connectivity index (χ2v) is 6.50. The average Bonchev–Trinajstić information content (AvgIpc) is 3.08. The fraction of sp³-hybridized carbons (Fsp3) is 0.733. The second-order valence-electron chi connectivity index (χ2n) is 5.47. The summed E-state index contributed by atoms with van der Waals surface area (Å²) in [5.41, 5.74) is 0. The molecule has 0 amide bonds. The lowest BCUT2D eigenvalue weighted by molar-refractivity contribution is 0.0278. The summed E-state index contributed by atoms with van der Waals surface area (Å²) in [6.45, 7) is 1.76. The van der Waals surface area contributed by atoms with Gasteiger partial charge in [0.25, 0.3) is 0 Å². The highest BCUT2D eigenvalue weighted by molar-refractivity contribution is 7.09. The maximum absolute atomic E-state index is 9.92. The Hall–Kier alpha value is -0.460. The number of nitrogens with one attached hydrogen (secondary N) is 1. The number of rotatable bonds is 9. The monoisotopic (exact) mass is 299 g/mol. The van der Waals surface area contributed by atoms with Crippen molar-refractivity contribution in [3.8, 4) is 0 Å². The van der Waals surface area contributed by atoms with E-state index in [-0.39, 0.29) is 6.61 Å². The van der Waals surface area contributed by atoms with Crippen LogP contribution in [0.2, 0.25) is 0 Å². The molecule has 0 bridgehead atoms. The molecule has 1 saturated carbocycles. The Bertz CT molecular complexity index is 358. The summed E-state index contributed by atoms with van der Waals surface area (Å²) in [6, 6.07) is 4.48. The lowest BCUT2D eigenvalue weighted by atomic mass is 10.00. The van der Waals surface area contributed by atoms with Crippen molar-refractivity contribution in [2.75, 3.05) is 19.8 Å². The highest BCUT2D eigenvalue weighted by Crippen LogP contribution is 2.28. The number of aliphatic hydroxyl groups is 2. The molecule has 1 aliphatic carbocycles. The average molecular weight is 299 g/mol.